The number of carbonyl (C=O) groups is 2. The maximum atomic E-state index is 12.8. The van der Waals surface area contributed by atoms with E-state index in [1.54, 1.807) is 32.0 Å². The van der Waals surface area contributed by atoms with E-state index in [-0.39, 0.29) is 48.4 Å². The van der Waals surface area contributed by atoms with E-state index in [0.29, 0.717) is 12.1 Å². The molecular formula is C19H28ClN3O5. The van der Waals surface area contributed by atoms with Crippen molar-refractivity contribution in [3.8, 4) is 0 Å². The van der Waals surface area contributed by atoms with E-state index in [0.717, 1.165) is 19.3 Å². The van der Waals surface area contributed by atoms with Crippen molar-refractivity contribution in [2.45, 2.75) is 51.7 Å². The number of hydrogen-bond donors (Lipinski definition) is 2. The molecular weight excluding hydrogens is 386 g/mol. The van der Waals surface area contributed by atoms with Crippen molar-refractivity contribution in [2.75, 3.05) is 6.54 Å². The van der Waals surface area contributed by atoms with E-state index in [2.05, 4.69) is 5.32 Å². The summed E-state index contributed by atoms with van der Waals surface area (Å²) in [6.45, 7) is 3.87. The lowest BCUT2D eigenvalue weighted by Crippen LogP contribution is -2.38. The highest BCUT2D eigenvalue weighted by molar-refractivity contribution is 5.85. The summed E-state index contributed by atoms with van der Waals surface area (Å²) in [5, 5.41) is 14.2. The van der Waals surface area contributed by atoms with Gasteiger partial charge in [0, 0.05) is 12.0 Å². The summed E-state index contributed by atoms with van der Waals surface area (Å²) in [5.74, 6) is -0.876. The number of nitrogens with zero attached hydrogens (tertiary/aromatic N) is 1. The van der Waals surface area contributed by atoms with Gasteiger partial charge in [-0.3, -0.25) is 19.7 Å². The second kappa shape index (κ2) is 11.0. The molecule has 9 heteroatoms. The molecule has 1 aliphatic rings. The van der Waals surface area contributed by atoms with Crippen LogP contribution >= 0.6 is 12.4 Å². The zero-order valence-corrected chi connectivity index (χ0v) is 16.9. The summed E-state index contributed by atoms with van der Waals surface area (Å²) in [6.07, 6.45) is 2.06. The molecule has 0 saturated heterocycles. The molecule has 0 radical (unpaired) electrons. The largest absolute Gasteiger partial charge is 0.463 e. The van der Waals surface area contributed by atoms with Crippen LogP contribution < -0.4 is 11.1 Å². The molecule has 1 unspecified atom stereocenters. The smallest absolute Gasteiger partial charge is 0.308 e. The summed E-state index contributed by atoms with van der Waals surface area (Å²) in [4.78, 5) is 35.8. The third-order valence-corrected chi connectivity index (χ3v) is 4.86. The molecule has 156 valence electrons. The van der Waals surface area contributed by atoms with Crippen molar-refractivity contribution in [3.05, 3.63) is 39.9 Å². The van der Waals surface area contributed by atoms with Crippen LogP contribution in [0.2, 0.25) is 0 Å². The molecule has 0 aromatic heterocycles. The first-order valence-corrected chi connectivity index (χ1v) is 9.26. The number of carbonyl (C=O) groups excluding carboxylic acids is 2. The van der Waals surface area contributed by atoms with Crippen molar-refractivity contribution >= 4 is 30.0 Å². The Kier molecular flexibility index (Phi) is 9.34. The Hall–Kier alpha value is -2.19. The van der Waals surface area contributed by atoms with Crippen molar-refractivity contribution in [1.29, 1.82) is 0 Å². The van der Waals surface area contributed by atoms with Gasteiger partial charge in [-0.2, -0.15) is 0 Å². The molecule has 1 fully saturated rings. The van der Waals surface area contributed by atoms with E-state index < -0.39 is 16.9 Å². The minimum atomic E-state index is -0.829. The predicted octanol–water partition coefficient (Wildman–Crippen LogP) is 2.89. The number of amides is 1. The fourth-order valence-corrected chi connectivity index (χ4v) is 3.61. The monoisotopic (exact) mass is 413 g/mol. The fourth-order valence-electron chi connectivity index (χ4n) is 3.61. The van der Waals surface area contributed by atoms with Gasteiger partial charge in [0.1, 0.15) is 0 Å². The number of halogens is 1. The van der Waals surface area contributed by atoms with Crippen LogP contribution in [-0.2, 0) is 14.3 Å². The second-order valence-electron chi connectivity index (χ2n) is 7.15. The number of para-hydroxylation sites is 1. The van der Waals surface area contributed by atoms with Gasteiger partial charge < -0.3 is 15.8 Å². The summed E-state index contributed by atoms with van der Waals surface area (Å²) in [6, 6.07) is 5.29. The lowest BCUT2D eigenvalue weighted by molar-refractivity contribution is -0.385. The number of hydrogen-bond acceptors (Lipinski definition) is 6. The van der Waals surface area contributed by atoms with Crippen LogP contribution in [0.1, 0.15) is 51.1 Å². The molecule has 0 bridgehead atoms. The van der Waals surface area contributed by atoms with E-state index in [1.807, 2.05) is 0 Å². The molecule has 8 nitrogen and oxygen atoms in total. The van der Waals surface area contributed by atoms with Crippen LogP contribution in [0, 0.1) is 22.0 Å². The van der Waals surface area contributed by atoms with Gasteiger partial charge in [-0.1, -0.05) is 24.6 Å². The molecule has 1 aromatic rings. The van der Waals surface area contributed by atoms with Gasteiger partial charge in [0.05, 0.1) is 29.1 Å². The normalized spacial score (nSPS) is 19.6. The first-order chi connectivity index (χ1) is 12.8. The van der Waals surface area contributed by atoms with Crippen molar-refractivity contribution in [1.82, 2.24) is 5.32 Å². The Balaban J connectivity index is 0.00000392. The standard InChI is InChI=1S/C19H27N3O5.ClH/c1-12(2)27-18(23)10-16(15-7-3-4-9-17(15)22(25)26)21-19(24)14-8-5-6-13(14)11-20;/h3-4,7,9,12-14,16H,5-6,8,10-11,20H2,1-2H3,(H,21,24);1H/t13-,14-,16?;/m1./s1. The van der Waals surface area contributed by atoms with Gasteiger partial charge in [0.15, 0.2) is 0 Å². The van der Waals surface area contributed by atoms with Crippen LogP contribution in [0.15, 0.2) is 24.3 Å². The summed E-state index contributed by atoms with van der Waals surface area (Å²) < 4.78 is 5.17. The van der Waals surface area contributed by atoms with Gasteiger partial charge in [0.25, 0.3) is 5.69 Å². The molecule has 1 saturated carbocycles. The quantitative estimate of drug-likeness (QED) is 0.383. The van der Waals surface area contributed by atoms with Gasteiger partial charge in [-0.05, 0) is 39.2 Å². The summed E-state index contributed by atoms with van der Waals surface area (Å²) in [5.41, 5.74) is 5.91. The van der Waals surface area contributed by atoms with Gasteiger partial charge in [0.2, 0.25) is 5.91 Å². The molecule has 1 amide bonds. The Morgan fingerprint density at radius 1 is 1.32 bits per heavy atom. The Labute approximate surface area is 170 Å². The molecule has 0 aliphatic heterocycles. The summed E-state index contributed by atoms with van der Waals surface area (Å²) >= 11 is 0. The Bertz CT molecular complexity index is 698. The van der Waals surface area contributed by atoms with Crippen LogP contribution in [0.5, 0.6) is 0 Å². The predicted molar refractivity (Wildman–Crippen MR) is 107 cm³/mol. The van der Waals surface area contributed by atoms with Crippen LogP contribution in [0.25, 0.3) is 0 Å². The first-order valence-electron chi connectivity index (χ1n) is 9.26. The minimum Gasteiger partial charge on any atom is -0.463 e. The highest BCUT2D eigenvalue weighted by atomic mass is 35.5. The third-order valence-electron chi connectivity index (χ3n) is 4.86. The fraction of sp³-hybridized carbons (Fsp3) is 0.579. The van der Waals surface area contributed by atoms with Gasteiger partial charge in [-0.15, -0.1) is 12.4 Å². The zero-order chi connectivity index (χ0) is 20.0. The number of nitrogens with two attached hydrogens (primary N) is 1. The highest BCUT2D eigenvalue weighted by Gasteiger charge is 2.34. The van der Waals surface area contributed by atoms with E-state index in [9.17, 15) is 19.7 Å². The number of esters is 1. The molecule has 2 rings (SSSR count). The molecule has 28 heavy (non-hydrogen) atoms. The molecule has 3 atom stereocenters. The van der Waals surface area contributed by atoms with E-state index in [4.69, 9.17) is 10.5 Å². The van der Waals surface area contributed by atoms with Crippen molar-refractivity contribution < 1.29 is 19.2 Å². The number of nitro benzene ring substituents is 1. The molecule has 0 spiro atoms. The summed E-state index contributed by atoms with van der Waals surface area (Å²) in [7, 11) is 0. The lowest BCUT2D eigenvalue weighted by atomic mass is 9.94. The number of rotatable bonds is 8. The van der Waals surface area contributed by atoms with Crippen LogP contribution in [-0.4, -0.2) is 29.4 Å². The average Bonchev–Trinajstić information content (AvgIpc) is 3.09. The topological polar surface area (TPSA) is 125 Å². The average molecular weight is 414 g/mol. The Morgan fingerprint density at radius 2 is 2.00 bits per heavy atom. The van der Waals surface area contributed by atoms with Crippen molar-refractivity contribution in [3.63, 3.8) is 0 Å². The lowest BCUT2D eigenvalue weighted by Gasteiger charge is -2.23. The minimum absolute atomic E-state index is 0. The second-order valence-corrected chi connectivity index (χ2v) is 7.15. The third kappa shape index (κ3) is 6.17. The maximum absolute atomic E-state index is 12.8. The zero-order valence-electron chi connectivity index (χ0n) is 16.1. The number of nitrogens with one attached hydrogen (secondary N) is 1. The molecule has 1 aromatic carbocycles. The molecule has 1 aliphatic carbocycles. The number of benzene rings is 1. The van der Waals surface area contributed by atoms with Gasteiger partial charge >= 0.3 is 5.97 Å². The number of nitro groups is 1. The van der Waals surface area contributed by atoms with Crippen molar-refractivity contribution in [2.24, 2.45) is 17.6 Å². The van der Waals surface area contributed by atoms with Gasteiger partial charge in [-0.25, -0.2) is 0 Å². The van der Waals surface area contributed by atoms with E-state index >= 15 is 0 Å². The Morgan fingerprint density at radius 3 is 2.61 bits per heavy atom. The maximum Gasteiger partial charge on any atom is 0.308 e. The molecule has 3 N–H and O–H groups in total. The SMILES string of the molecule is CC(C)OC(=O)CC(NC(=O)[C@@H]1CCC[C@@H]1CN)c1ccccc1[N+](=O)[O-].Cl. The van der Waals surface area contributed by atoms with Crippen LogP contribution in [0.3, 0.4) is 0 Å². The molecule has 0 heterocycles. The highest BCUT2D eigenvalue weighted by Crippen LogP contribution is 2.33. The van der Waals surface area contributed by atoms with E-state index in [1.165, 1.54) is 6.07 Å². The van der Waals surface area contributed by atoms with Crippen LogP contribution in [0.4, 0.5) is 5.69 Å². The first kappa shape index (κ1) is 23.8. The number of ether oxygens (including phenoxy) is 1.